The van der Waals surface area contributed by atoms with E-state index in [-0.39, 0.29) is 29.1 Å². The summed E-state index contributed by atoms with van der Waals surface area (Å²) in [6, 6.07) is 20.9. The fourth-order valence-electron chi connectivity index (χ4n) is 4.97. The standard InChI is InChI=1S/C31H36ClN3O5S/c1-23(31(37)33-26-13-7-4-8-14-26)34(21-24-10-5-3-6-11-24)30(36)22-35(27-15-9-12-25(32)20-27)41(38,39)29-18-16-28(40-2)17-19-29/h3,5-6,9-12,15-20,23,26H,4,7-8,13-14,21-22H2,1-2H3,(H,33,37). The van der Waals surface area contributed by atoms with E-state index in [4.69, 9.17) is 16.3 Å². The molecule has 0 bridgehead atoms. The molecular weight excluding hydrogens is 562 g/mol. The van der Waals surface area contributed by atoms with E-state index in [2.05, 4.69) is 5.32 Å². The van der Waals surface area contributed by atoms with Gasteiger partial charge in [0.05, 0.1) is 17.7 Å². The maximum Gasteiger partial charge on any atom is 0.264 e. The number of amides is 2. The zero-order valence-electron chi connectivity index (χ0n) is 23.3. The smallest absolute Gasteiger partial charge is 0.264 e. The van der Waals surface area contributed by atoms with E-state index in [9.17, 15) is 18.0 Å². The molecule has 1 saturated carbocycles. The number of carbonyl (C=O) groups is 2. The van der Waals surface area contributed by atoms with Crippen molar-refractivity contribution >= 4 is 39.1 Å². The van der Waals surface area contributed by atoms with Gasteiger partial charge in [0, 0.05) is 17.6 Å². The summed E-state index contributed by atoms with van der Waals surface area (Å²) in [7, 11) is -2.70. The predicted molar refractivity (Wildman–Crippen MR) is 160 cm³/mol. The summed E-state index contributed by atoms with van der Waals surface area (Å²) in [5.41, 5.74) is 1.06. The number of nitrogens with zero attached hydrogens (tertiary/aromatic N) is 2. The number of methoxy groups -OCH3 is 1. The van der Waals surface area contributed by atoms with Gasteiger partial charge in [0.15, 0.2) is 0 Å². The molecule has 0 heterocycles. The highest BCUT2D eigenvalue weighted by molar-refractivity contribution is 7.92. The third-order valence-electron chi connectivity index (χ3n) is 7.34. The van der Waals surface area contributed by atoms with Crippen molar-refractivity contribution in [3.05, 3.63) is 89.4 Å². The van der Waals surface area contributed by atoms with Crippen LogP contribution < -0.4 is 14.4 Å². The van der Waals surface area contributed by atoms with Crippen molar-refractivity contribution in [2.45, 2.75) is 62.6 Å². The second kappa shape index (κ2) is 13.9. The first kappa shape index (κ1) is 30.4. The third-order valence-corrected chi connectivity index (χ3v) is 9.36. The molecule has 8 nitrogen and oxygen atoms in total. The van der Waals surface area contributed by atoms with Crippen molar-refractivity contribution in [3.63, 3.8) is 0 Å². The van der Waals surface area contributed by atoms with Crippen LogP contribution >= 0.6 is 11.6 Å². The number of ether oxygens (including phenoxy) is 1. The molecule has 1 N–H and O–H groups in total. The Morgan fingerprint density at radius 1 is 0.976 bits per heavy atom. The van der Waals surface area contributed by atoms with Crippen LogP contribution in [0.2, 0.25) is 5.02 Å². The van der Waals surface area contributed by atoms with Gasteiger partial charge in [-0.15, -0.1) is 0 Å². The van der Waals surface area contributed by atoms with Crippen LogP contribution in [0.1, 0.15) is 44.6 Å². The largest absolute Gasteiger partial charge is 0.497 e. The third kappa shape index (κ3) is 7.80. The Hall–Kier alpha value is -3.56. The van der Waals surface area contributed by atoms with Crippen LogP contribution in [0, 0.1) is 0 Å². The van der Waals surface area contributed by atoms with Crippen molar-refractivity contribution < 1.29 is 22.7 Å². The second-order valence-electron chi connectivity index (χ2n) is 10.2. The molecule has 1 atom stereocenters. The summed E-state index contributed by atoms with van der Waals surface area (Å²) in [6.45, 7) is 1.30. The van der Waals surface area contributed by atoms with Crippen LogP contribution in [0.5, 0.6) is 5.75 Å². The lowest BCUT2D eigenvalue weighted by Crippen LogP contribution is -2.53. The molecule has 0 aliphatic heterocycles. The Labute approximate surface area is 247 Å². The number of benzene rings is 3. The molecule has 1 aliphatic rings. The molecule has 0 spiro atoms. The summed E-state index contributed by atoms with van der Waals surface area (Å²) in [5.74, 6) is -0.271. The minimum Gasteiger partial charge on any atom is -0.497 e. The quantitative estimate of drug-likeness (QED) is 0.319. The maximum atomic E-state index is 14.0. The molecule has 1 fully saturated rings. The number of sulfonamides is 1. The lowest BCUT2D eigenvalue weighted by molar-refractivity contribution is -0.139. The number of nitrogens with one attached hydrogen (secondary N) is 1. The molecule has 2 amide bonds. The van der Waals surface area contributed by atoms with Crippen molar-refractivity contribution in [2.75, 3.05) is 18.0 Å². The van der Waals surface area contributed by atoms with E-state index in [0.29, 0.717) is 10.8 Å². The number of carbonyl (C=O) groups excluding carboxylic acids is 2. The summed E-state index contributed by atoms with van der Waals surface area (Å²) in [6.07, 6.45) is 5.09. The van der Waals surface area contributed by atoms with E-state index >= 15 is 0 Å². The topological polar surface area (TPSA) is 96.0 Å². The minimum absolute atomic E-state index is 0.0104. The highest BCUT2D eigenvalue weighted by Crippen LogP contribution is 2.28. The summed E-state index contributed by atoms with van der Waals surface area (Å²) >= 11 is 6.23. The maximum absolute atomic E-state index is 14.0. The number of hydrogen-bond acceptors (Lipinski definition) is 5. The SMILES string of the molecule is COc1ccc(S(=O)(=O)N(CC(=O)N(Cc2ccccc2)C(C)C(=O)NC2CCCCC2)c2cccc(Cl)c2)cc1. The second-order valence-corrected chi connectivity index (χ2v) is 12.5. The Morgan fingerprint density at radius 3 is 2.29 bits per heavy atom. The molecule has 41 heavy (non-hydrogen) atoms. The normalized spacial score (nSPS) is 14.6. The Bertz CT molecular complexity index is 1430. The molecule has 4 rings (SSSR count). The van der Waals surface area contributed by atoms with E-state index in [1.54, 1.807) is 37.3 Å². The fraction of sp³-hybridized carbons (Fsp3) is 0.355. The first-order valence-electron chi connectivity index (χ1n) is 13.7. The van der Waals surface area contributed by atoms with Gasteiger partial charge < -0.3 is 15.0 Å². The fourth-order valence-corrected chi connectivity index (χ4v) is 6.56. The number of hydrogen-bond donors (Lipinski definition) is 1. The van der Waals surface area contributed by atoms with Crippen LogP contribution in [0.25, 0.3) is 0 Å². The highest BCUT2D eigenvalue weighted by Gasteiger charge is 2.33. The first-order chi connectivity index (χ1) is 19.7. The lowest BCUT2D eigenvalue weighted by Gasteiger charge is -2.33. The van der Waals surface area contributed by atoms with Crippen molar-refractivity contribution in [1.82, 2.24) is 10.2 Å². The molecule has 3 aromatic rings. The summed E-state index contributed by atoms with van der Waals surface area (Å²) < 4.78 is 34.0. The van der Waals surface area contributed by atoms with Crippen LogP contribution in [0.4, 0.5) is 5.69 Å². The monoisotopic (exact) mass is 597 g/mol. The van der Waals surface area contributed by atoms with E-state index in [0.717, 1.165) is 42.0 Å². The average Bonchev–Trinajstić information content (AvgIpc) is 2.99. The highest BCUT2D eigenvalue weighted by atomic mass is 35.5. The summed E-state index contributed by atoms with van der Waals surface area (Å²) in [5, 5.41) is 3.43. The van der Waals surface area contributed by atoms with Crippen molar-refractivity contribution in [1.29, 1.82) is 0 Å². The van der Waals surface area contributed by atoms with Crippen LogP contribution in [0.3, 0.4) is 0 Å². The molecule has 0 radical (unpaired) electrons. The van der Waals surface area contributed by atoms with Gasteiger partial charge in [0.1, 0.15) is 18.3 Å². The van der Waals surface area contributed by atoms with Crippen LogP contribution in [0.15, 0.2) is 83.8 Å². The molecular formula is C31H36ClN3O5S. The predicted octanol–water partition coefficient (Wildman–Crippen LogP) is 5.41. The van der Waals surface area contributed by atoms with Crippen LogP contribution in [-0.4, -0.2) is 50.9 Å². The first-order valence-corrected chi connectivity index (χ1v) is 15.6. The van der Waals surface area contributed by atoms with Gasteiger partial charge in [-0.05, 0) is 67.8 Å². The van der Waals surface area contributed by atoms with Crippen molar-refractivity contribution in [3.8, 4) is 5.75 Å². The van der Waals surface area contributed by atoms with Gasteiger partial charge in [-0.25, -0.2) is 8.42 Å². The Morgan fingerprint density at radius 2 is 1.66 bits per heavy atom. The zero-order valence-corrected chi connectivity index (χ0v) is 24.9. The molecule has 1 unspecified atom stereocenters. The van der Waals surface area contributed by atoms with Crippen molar-refractivity contribution in [2.24, 2.45) is 0 Å². The molecule has 0 saturated heterocycles. The summed E-state index contributed by atoms with van der Waals surface area (Å²) in [4.78, 5) is 28.8. The average molecular weight is 598 g/mol. The van der Waals surface area contributed by atoms with Gasteiger partial charge in [0.25, 0.3) is 10.0 Å². The van der Waals surface area contributed by atoms with E-state index in [1.165, 1.54) is 30.2 Å². The van der Waals surface area contributed by atoms with Gasteiger partial charge in [-0.2, -0.15) is 0 Å². The van der Waals surface area contributed by atoms with Gasteiger partial charge in [-0.1, -0.05) is 67.3 Å². The van der Waals surface area contributed by atoms with E-state index in [1.807, 2.05) is 30.3 Å². The van der Waals surface area contributed by atoms with E-state index < -0.39 is 28.5 Å². The zero-order chi connectivity index (χ0) is 29.4. The van der Waals surface area contributed by atoms with Gasteiger partial charge >= 0.3 is 0 Å². The minimum atomic E-state index is -4.19. The van der Waals surface area contributed by atoms with Gasteiger partial charge in [0.2, 0.25) is 11.8 Å². The number of rotatable bonds is 11. The van der Waals surface area contributed by atoms with Crippen LogP contribution in [-0.2, 0) is 26.2 Å². The Kier molecular flexibility index (Phi) is 10.3. The molecule has 10 heteroatoms. The Balaban J connectivity index is 1.66. The molecule has 218 valence electrons. The van der Waals surface area contributed by atoms with Gasteiger partial charge in [-0.3, -0.25) is 13.9 Å². The molecule has 3 aromatic carbocycles. The number of halogens is 1. The molecule has 0 aromatic heterocycles. The lowest BCUT2D eigenvalue weighted by atomic mass is 9.95. The number of anilines is 1. The molecule has 1 aliphatic carbocycles.